The quantitative estimate of drug-likeness (QED) is 0.784. The molecule has 1 heterocycles. The number of anilines is 1. The number of nitrogens with zero attached hydrogens (tertiary/aromatic N) is 1. The molecule has 27 heavy (non-hydrogen) atoms. The van der Waals surface area contributed by atoms with Crippen LogP contribution in [0.3, 0.4) is 0 Å². The van der Waals surface area contributed by atoms with Gasteiger partial charge in [-0.3, -0.25) is 9.69 Å². The van der Waals surface area contributed by atoms with Crippen LogP contribution in [0.1, 0.15) is 10.4 Å². The molecule has 1 atom stereocenters. The molecule has 2 aromatic rings. The van der Waals surface area contributed by atoms with E-state index in [9.17, 15) is 17.6 Å². The molecule has 1 aliphatic rings. The number of hydrogen-bond acceptors (Lipinski definition) is 5. The van der Waals surface area contributed by atoms with E-state index in [0.717, 1.165) is 5.41 Å². The average Bonchev–Trinajstić information content (AvgIpc) is 3.02. The molecule has 8 heteroatoms. The monoisotopic (exact) mass is 391 g/mol. The minimum absolute atomic E-state index is 0.229. The van der Waals surface area contributed by atoms with Crippen LogP contribution >= 0.6 is 0 Å². The Hall–Kier alpha value is -2.87. The van der Waals surface area contributed by atoms with Crippen molar-refractivity contribution in [3.05, 3.63) is 65.3 Å². The Morgan fingerprint density at radius 1 is 1.11 bits per heavy atom. The summed E-state index contributed by atoms with van der Waals surface area (Å²) in [6.45, 7) is 0. The van der Waals surface area contributed by atoms with E-state index in [1.165, 1.54) is 49.5 Å². The molecular weight excluding hydrogens is 373 g/mol. The first kappa shape index (κ1) is 18.9. The van der Waals surface area contributed by atoms with Crippen LogP contribution in [0.25, 0.3) is 0 Å². The fraction of sp³-hybridized carbons (Fsp3) is 0.211. The van der Waals surface area contributed by atoms with Crippen molar-refractivity contribution in [3.8, 4) is 11.5 Å². The number of ether oxygens (including phenoxy) is 2. The zero-order chi connectivity index (χ0) is 19.6. The maximum absolute atomic E-state index is 13.2. The van der Waals surface area contributed by atoms with Crippen LogP contribution in [0.15, 0.2) is 53.9 Å². The molecule has 6 nitrogen and oxygen atoms in total. The highest BCUT2D eigenvalue weighted by Gasteiger charge is 2.33. The minimum Gasteiger partial charge on any atom is -0.497 e. The number of carbonyl (C=O) groups excluding carboxylic acids is 1. The topological polar surface area (TPSA) is 72.9 Å². The van der Waals surface area contributed by atoms with Crippen molar-refractivity contribution in [1.29, 1.82) is 0 Å². The third-order valence-electron chi connectivity index (χ3n) is 4.20. The number of benzene rings is 2. The van der Waals surface area contributed by atoms with Gasteiger partial charge in [0.1, 0.15) is 17.3 Å². The molecule has 0 bridgehead atoms. The van der Waals surface area contributed by atoms with E-state index in [1.54, 1.807) is 18.2 Å². The highest BCUT2D eigenvalue weighted by molar-refractivity contribution is 7.94. The molecule has 0 unspecified atom stereocenters. The lowest BCUT2D eigenvalue weighted by Gasteiger charge is -2.29. The molecule has 1 amide bonds. The highest BCUT2D eigenvalue weighted by Crippen LogP contribution is 2.35. The van der Waals surface area contributed by atoms with Gasteiger partial charge < -0.3 is 9.47 Å². The van der Waals surface area contributed by atoms with Crippen LogP contribution in [0.5, 0.6) is 11.5 Å². The van der Waals surface area contributed by atoms with E-state index in [0.29, 0.717) is 17.2 Å². The lowest BCUT2D eigenvalue weighted by molar-refractivity contribution is 0.0982. The van der Waals surface area contributed by atoms with Crippen LogP contribution in [-0.2, 0) is 9.84 Å². The summed E-state index contributed by atoms with van der Waals surface area (Å²) in [5.74, 6) is -0.301. The van der Waals surface area contributed by atoms with E-state index < -0.39 is 27.6 Å². The van der Waals surface area contributed by atoms with Gasteiger partial charge in [0.15, 0.2) is 9.84 Å². The van der Waals surface area contributed by atoms with Crippen LogP contribution in [-0.4, -0.2) is 40.3 Å². The fourth-order valence-electron chi connectivity index (χ4n) is 2.87. The maximum Gasteiger partial charge on any atom is 0.258 e. The molecule has 0 radical (unpaired) electrons. The second-order valence-electron chi connectivity index (χ2n) is 5.95. The Morgan fingerprint density at radius 2 is 1.81 bits per heavy atom. The van der Waals surface area contributed by atoms with Crippen molar-refractivity contribution >= 4 is 21.4 Å². The number of rotatable bonds is 5. The minimum atomic E-state index is -3.40. The molecule has 0 saturated heterocycles. The zero-order valence-corrected chi connectivity index (χ0v) is 15.6. The van der Waals surface area contributed by atoms with E-state index >= 15 is 0 Å². The summed E-state index contributed by atoms with van der Waals surface area (Å²) in [5, 5.41) is 1.10. The summed E-state index contributed by atoms with van der Waals surface area (Å²) >= 11 is 0. The lowest BCUT2D eigenvalue weighted by Crippen LogP contribution is -2.41. The molecule has 3 rings (SSSR count). The maximum atomic E-state index is 13.2. The van der Waals surface area contributed by atoms with Gasteiger partial charge in [0.05, 0.1) is 31.7 Å². The van der Waals surface area contributed by atoms with Gasteiger partial charge in [-0.2, -0.15) is 0 Å². The third kappa shape index (κ3) is 3.95. The van der Waals surface area contributed by atoms with Gasteiger partial charge in [0, 0.05) is 17.0 Å². The molecule has 0 saturated carbocycles. The fourth-order valence-corrected chi connectivity index (χ4v) is 4.14. The normalized spacial score (nSPS) is 17.5. The predicted molar refractivity (Wildman–Crippen MR) is 99.5 cm³/mol. The second-order valence-corrected chi connectivity index (χ2v) is 7.88. The third-order valence-corrected chi connectivity index (χ3v) is 5.58. The first-order valence-corrected chi connectivity index (χ1v) is 9.78. The Balaban J connectivity index is 2.09. The van der Waals surface area contributed by atoms with E-state index in [1.807, 2.05) is 0 Å². The van der Waals surface area contributed by atoms with Crippen LogP contribution < -0.4 is 14.4 Å². The Kier molecular flexibility index (Phi) is 5.18. The van der Waals surface area contributed by atoms with Crippen molar-refractivity contribution in [2.24, 2.45) is 0 Å². The van der Waals surface area contributed by atoms with Crippen molar-refractivity contribution in [2.75, 3.05) is 24.9 Å². The van der Waals surface area contributed by atoms with Crippen LogP contribution in [0.2, 0.25) is 0 Å². The number of carbonyl (C=O) groups is 1. The van der Waals surface area contributed by atoms with Crippen LogP contribution in [0.4, 0.5) is 10.1 Å². The molecule has 2 aromatic carbocycles. The molecule has 0 fully saturated rings. The van der Waals surface area contributed by atoms with Gasteiger partial charge in [-0.05, 0) is 42.5 Å². The smallest absolute Gasteiger partial charge is 0.258 e. The number of sulfone groups is 1. The largest absolute Gasteiger partial charge is 0.497 e. The van der Waals surface area contributed by atoms with Gasteiger partial charge in [-0.15, -0.1) is 0 Å². The van der Waals surface area contributed by atoms with E-state index in [-0.39, 0.29) is 11.3 Å². The summed E-state index contributed by atoms with van der Waals surface area (Å²) < 4.78 is 47.6. The Labute approximate surface area is 156 Å². The lowest BCUT2D eigenvalue weighted by atomic mass is 10.1. The van der Waals surface area contributed by atoms with Gasteiger partial charge in [-0.1, -0.05) is 0 Å². The summed E-state index contributed by atoms with van der Waals surface area (Å²) in [7, 11) is -0.457. The predicted octanol–water partition coefficient (Wildman–Crippen LogP) is 2.80. The van der Waals surface area contributed by atoms with Crippen molar-refractivity contribution < 1.29 is 27.1 Å². The highest BCUT2D eigenvalue weighted by atomic mass is 32.2. The number of methoxy groups -OCH3 is 2. The summed E-state index contributed by atoms with van der Waals surface area (Å²) in [5.41, 5.74) is 0.617. The van der Waals surface area contributed by atoms with Crippen molar-refractivity contribution in [1.82, 2.24) is 0 Å². The second kappa shape index (κ2) is 7.40. The van der Waals surface area contributed by atoms with Gasteiger partial charge in [0.25, 0.3) is 5.91 Å². The summed E-state index contributed by atoms with van der Waals surface area (Å²) in [6, 6.07) is 9.23. The molecule has 0 aromatic heterocycles. The molecular formula is C19H18FNO5S. The molecule has 1 aliphatic heterocycles. The molecule has 0 spiro atoms. The van der Waals surface area contributed by atoms with E-state index in [4.69, 9.17) is 9.47 Å². The Bertz CT molecular complexity index is 986. The standard InChI is InChI=1S/C19H18FNO5S/c1-25-16-7-8-17(18(11-16)26-2)21(15-9-10-27(23,24)12-15)19(22)13-3-5-14(20)6-4-13/h3-11,15H,12H2,1-2H3/t15-/m1/s1. The van der Waals surface area contributed by atoms with Gasteiger partial charge >= 0.3 is 0 Å². The van der Waals surface area contributed by atoms with E-state index in [2.05, 4.69) is 0 Å². The van der Waals surface area contributed by atoms with Gasteiger partial charge in [-0.25, -0.2) is 12.8 Å². The first-order chi connectivity index (χ1) is 12.8. The molecule has 0 N–H and O–H groups in total. The summed E-state index contributed by atoms with van der Waals surface area (Å²) in [4.78, 5) is 14.5. The average molecular weight is 391 g/mol. The van der Waals surface area contributed by atoms with Crippen LogP contribution in [0, 0.1) is 5.82 Å². The number of amides is 1. The SMILES string of the molecule is COc1ccc(N(C(=O)c2ccc(F)cc2)[C@@H]2C=CS(=O)(=O)C2)c(OC)c1. The van der Waals surface area contributed by atoms with Crippen molar-refractivity contribution in [2.45, 2.75) is 6.04 Å². The summed E-state index contributed by atoms with van der Waals surface area (Å²) in [6.07, 6.45) is 1.46. The van der Waals surface area contributed by atoms with Gasteiger partial charge in [0.2, 0.25) is 0 Å². The number of halogens is 1. The zero-order valence-electron chi connectivity index (χ0n) is 14.8. The van der Waals surface area contributed by atoms with Crippen molar-refractivity contribution in [3.63, 3.8) is 0 Å². The molecule has 142 valence electrons. The number of hydrogen-bond donors (Lipinski definition) is 0. The Morgan fingerprint density at radius 3 is 2.37 bits per heavy atom. The molecule has 0 aliphatic carbocycles. The first-order valence-electron chi connectivity index (χ1n) is 8.07.